The van der Waals surface area contributed by atoms with Gasteiger partial charge in [-0.3, -0.25) is 0 Å². The zero-order valence-corrected chi connectivity index (χ0v) is 8.26. The number of hydrogen-bond donors (Lipinski definition) is 1. The first-order valence-corrected chi connectivity index (χ1v) is 5.06. The van der Waals surface area contributed by atoms with Crippen molar-refractivity contribution in [2.75, 3.05) is 12.4 Å². The summed E-state index contributed by atoms with van der Waals surface area (Å²) in [6.45, 7) is 0.828. The number of benzene rings is 1. The molecule has 13 heavy (non-hydrogen) atoms. The molecule has 1 heterocycles. The van der Waals surface area contributed by atoms with Crippen molar-refractivity contribution in [2.45, 2.75) is 6.42 Å². The van der Waals surface area contributed by atoms with Crippen molar-refractivity contribution >= 4 is 18.7 Å². The quantitative estimate of drug-likeness (QED) is 0.708. The molecule has 0 radical (unpaired) electrons. The van der Waals surface area contributed by atoms with Crippen LogP contribution in [-0.2, 0) is 6.42 Å². The molecule has 0 bridgehead atoms. The Morgan fingerprint density at radius 2 is 2.38 bits per heavy atom. The van der Waals surface area contributed by atoms with Crippen LogP contribution in [0.3, 0.4) is 0 Å². The van der Waals surface area contributed by atoms with Crippen molar-refractivity contribution in [1.29, 1.82) is 0 Å². The molecule has 1 aliphatic rings. The molecule has 1 nitrogen and oxygen atoms in total. The van der Waals surface area contributed by atoms with E-state index in [-0.39, 0.29) is 0 Å². The van der Waals surface area contributed by atoms with Gasteiger partial charge in [-0.05, 0) is 23.3 Å². The van der Waals surface area contributed by atoms with Crippen molar-refractivity contribution in [3.63, 3.8) is 0 Å². The van der Waals surface area contributed by atoms with E-state index in [1.54, 1.807) is 0 Å². The maximum Gasteiger partial charge on any atom is 0.122 e. The fourth-order valence-corrected chi connectivity index (χ4v) is 1.60. The maximum atomic E-state index is 5.42. The molecule has 1 aliphatic heterocycles. The van der Waals surface area contributed by atoms with E-state index in [1.807, 2.05) is 12.1 Å². The van der Waals surface area contributed by atoms with Crippen LogP contribution < -0.4 is 4.74 Å². The first-order chi connectivity index (χ1) is 6.40. The zero-order valence-electron chi connectivity index (χ0n) is 7.36. The highest BCUT2D eigenvalue weighted by molar-refractivity contribution is 7.80. The second-order valence-corrected chi connectivity index (χ2v) is 3.42. The molecule has 0 unspecified atom stereocenters. The number of fused-ring (bicyclic) bond motifs is 1. The normalized spacial score (nSPS) is 14.5. The molecule has 1 aromatic rings. The van der Waals surface area contributed by atoms with Crippen LogP contribution >= 0.6 is 12.6 Å². The largest absolute Gasteiger partial charge is 0.493 e. The van der Waals surface area contributed by atoms with Crippen molar-refractivity contribution < 1.29 is 4.74 Å². The lowest BCUT2D eigenvalue weighted by Gasteiger charge is -1.99. The Morgan fingerprint density at radius 3 is 3.23 bits per heavy atom. The number of hydrogen-bond acceptors (Lipinski definition) is 2. The number of ether oxygens (including phenoxy) is 1. The van der Waals surface area contributed by atoms with Crippen molar-refractivity contribution in [1.82, 2.24) is 0 Å². The minimum atomic E-state index is 0.785. The summed E-state index contributed by atoms with van der Waals surface area (Å²) in [7, 11) is 0. The zero-order chi connectivity index (χ0) is 9.10. The van der Waals surface area contributed by atoms with Crippen molar-refractivity contribution in [3.8, 4) is 5.75 Å². The van der Waals surface area contributed by atoms with Gasteiger partial charge in [0.15, 0.2) is 0 Å². The van der Waals surface area contributed by atoms with Crippen molar-refractivity contribution in [3.05, 3.63) is 35.4 Å². The molecule has 0 saturated heterocycles. The summed E-state index contributed by atoms with van der Waals surface area (Å²) in [6.07, 6.45) is 5.17. The lowest BCUT2D eigenvalue weighted by atomic mass is 10.1. The molecule has 1 aromatic carbocycles. The molecule has 0 aromatic heterocycles. The highest BCUT2D eigenvalue weighted by Crippen LogP contribution is 2.26. The Hall–Kier alpha value is -0.890. The molecule has 0 atom stereocenters. The van der Waals surface area contributed by atoms with Crippen LogP contribution in [0.4, 0.5) is 0 Å². The van der Waals surface area contributed by atoms with Gasteiger partial charge in [0, 0.05) is 12.2 Å². The Morgan fingerprint density at radius 1 is 1.46 bits per heavy atom. The van der Waals surface area contributed by atoms with Crippen LogP contribution in [0.1, 0.15) is 11.1 Å². The molecule has 0 saturated carbocycles. The third-order valence-corrected chi connectivity index (χ3v) is 2.34. The Kier molecular flexibility index (Phi) is 2.60. The van der Waals surface area contributed by atoms with E-state index in [2.05, 4.69) is 30.8 Å². The summed E-state index contributed by atoms with van der Waals surface area (Å²) in [5.41, 5.74) is 2.56. The van der Waals surface area contributed by atoms with Crippen LogP contribution in [0, 0.1) is 0 Å². The molecular formula is C11H12OS. The molecule has 0 N–H and O–H groups in total. The van der Waals surface area contributed by atoms with E-state index in [0.717, 1.165) is 24.5 Å². The van der Waals surface area contributed by atoms with Crippen LogP contribution in [-0.4, -0.2) is 12.4 Å². The van der Waals surface area contributed by atoms with Gasteiger partial charge in [0.2, 0.25) is 0 Å². The average Bonchev–Trinajstić information content (AvgIpc) is 2.61. The van der Waals surface area contributed by atoms with E-state index in [4.69, 9.17) is 4.74 Å². The summed E-state index contributed by atoms with van der Waals surface area (Å²) in [5, 5.41) is 0. The molecule has 68 valence electrons. The molecule has 0 spiro atoms. The van der Waals surface area contributed by atoms with E-state index >= 15 is 0 Å². The van der Waals surface area contributed by atoms with E-state index < -0.39 is 0 Å². The van der Waals surface area contributed by atoms with Gasteiger partial charge in [-0.25, -0.2) is 0 Å². The minimum absolute atomic E-state index is 0.785. The minimum Gasteiger partial charge on any atom is -0.493 e. The summed E-state index contributed by atoms with van der Waals surface area (Å²) in [5.74, 6) is 1.83. The highest BCUT2D eigenvalue weighted by Gasteiger charge is 2.10. The fraction of sp³-hybridized carbons (Fsp3) is 0.273. The molecule has 2 rings (SSSR count). The second kappa shape index (κ2) is 3.88. The van der Waals surface area contributed by atoms with Crippen LogP contribution in [0.25, 0.3) is 6.08 Å². The van der Waals surface area contributed by atoms with Gasteiger partial charge in [0.1, 0.15) is 5.75 Å². The van der Waals surface area contributed by atoms with Gasteiger partial charge >= 0.3 is 0 Å². The molecule has 2 heteroatoms. The van der Waals surface area contributed by atoms with Gasteiger partial charge in [0.25, 0.3) is 0 Å². The van der Waals surface area contributed by atoms with E-state index in [9.17, 15) is 0 Å². The fourth-order valence-electron chi connectivity index (χ4n) is 1.50. The highest BCUT2D eigenvalue weighted by atomic mass is 32.1. The average molecular weight is 192 g/mol. The predicted molar refractivity (Wildman–Crippen MR) is 58.5 cm³/mol. The Labute approximate surface area is 83.8 Å². The van der Waals surface area contributed by atoms with Gasteiger partial charge in [0.05, 0.1) is 6.61 Å². The topological polar surface area (TPSA) is 9.23 Å². The van der Waals surface area contributed by atoms with Crippen LogP contribution in [0.2, 0.25) is 0 Å². The summed E-state index contributed by atoms with van der Waals surface area (Å²) >= 11 is 4.12. The summed E-state index contributed by atoms with van der Waals surface area (Å²) in [4.78, 5) is 0. The Balaban J connectivity index is 2.25. The number of rotatable bonds is 2. The van der Waals surface area contributed by atoms with Gasteiger partial charge in [-0.15, -0.1) is 0 Å². The molecule has 0 amide bonds. The van der Waals surface area contributed by atoms with Crippen LogP contribution in [0.15, 0.2) is 24.3 Å². The van der Waals surface area contributed by atoms with Crippen LogP contribution in [0.5, 0.6) is 5.75 Å². The van der Waals surface area contributed by atoms with Gasteiger partial charge in [-0.2, -0.15) is 12.6 Å². The summed E-state index contributed by atoms with van der Waals surface area (Å²) in [6, 6.07) is 6.30. The first kappa shape index (κ1) is 8.70. The Bertz CT molecular complexity index is 331. The van der Waals surface area contributed by atoms with E-state index in [1.165, 1.54) is 11.1 Å². The molecule has 0 fully saturated rings. The smallest absolute Gasteiger partial charge is 0.122 e. The lowest BCUT2D eigenvalue weighted by molar-refractivity contribution is 0.357. The van der Waals surface area contributed by atoms with E-state index in [0.29, 0.717) is 0 Å². The summed E-state index contributed by atoms with van der Waals surface area (Å²) < 4.78 is 5.42. The SMILES string of the molecule is SCC=Cc1ccc2c(c1)CCO2. The number of thiol groups is 1. The predicted octanol–water partition coefficient (Wildman–Crippen LogP) is 2.56. The maximum absolute atomic E-state index is 5.42. The lowest BCUT2D eigenvalue weighted by Crippen LogP contribution is -1.85. The third-order valence-electron chi connectivity index (χ3n) is 2.13. The van der Waals surface area contributed by atoms with Crippen molar-refractivity contribution in [2.24, 2.45) is 0 Å². The first-order valence-electron chi connectivity index (χ1n) is 4.43. The molecular weight excluding hydrogens is 180 g/mol. The standard InChI is InChI=1S/C11H12OS/c13-7-1-2-9-3-4-11-10(8-9)5-6-12-11/h1-4,8,13H,5-7H2. The molecule has 0 aliphatic carbocycles. The third kappa shape index (κ3) is 1.89. The second-order valence-electron chi connectivity index (χ2n) is 3.05. The monoisotopic (exact) mass is 192 g/mol. The van der Waals surface area contributed by atoms with Gasteiger partial charge in [-0.1, -0.05) is 18.2 Å². The van der Waals surface area contributed by atoms with Gasteiger partial charge < -0.3 is 4.74 Å².